The molecule has 0 fully saturated rings. The van der Waals surface area contributed by atoms with E-state index in [1.807, 2.05) is 0 Å². The van der Waals surface area contributed by atoms with Gasteiger partial charge in [-0.3, -0.25) is 18.7 Å². The number of benzene rings is 3. The first kappa shape index (κ1) is 25.5. The van der Waals surface area contributed by atoms with Crippen molar-refractivity contribution in [1.82, 2.24) is 14.5 Å². The number of methoxy groups -OCH3 is 1. The summed E-state index contributed by atoms with van der Waals surface area (Å²) in [4.78, 5) is 39.9. The molecule has 0 bridgehead atoms. The van der Waals surface area contributed by atoms with Crippen LogP contribution in [0.1, 0.15) is 49.4 Å². The zero-order valence-electron chi connectivity index (χ0n) is 29.7. The highest BCUT2D eigenvalue weighted by atomic mass is 19.4. The van der Waals surface area contributed by atoms with Crippen LogP contribution in [-0.2, 0) is 24.1 Å². The van der Waals surface area contributed by atoms with Gasteiger partial charge in [-0.2, -0.15) is 13.2 Å². The molecule has 1 aromatic heterocycles. The van der Waals surface area contributed by atoms with Crippen LogP contribution in [-0.4, -0.2) is 33.8 Å². The standard InChI is InChI=1S/C32H30F5N3O5/c1-19-28(21-11-6-14-26(45-2)29(21)34)30(43)40(18-25(20-9-4-3-5-10-20)38-16-8-15-27(41)42)31(44)39(19)17-22-23(32(35,36)37)12-7-13-24(22)33/h3-7,9-14,25,38H,8,15-18H2,1-2H3,(H,41,42)/t25-/m0/s1/i8D2,15D2,16D2. The molecule has 0 amide bonds. The molecule has 1 atom stereocenters. The molecular formula is C32H30F5N3O5. The summed E-state index contributed by atoms with van der Waals surface area (Å²) in [6, 6.07) is 11.2. The average Bonchev–Trinajstić information content (AvgIpc) is 3.05. The summed E-state index contributed by atoms with van der Waals surface area (Å²) in [6.07, 6.45) is -12.7. The molecule has 4 rings (SSSR count). The highest BCUT2D eigenvalue weighted by Crippen LogP contribution is 2.34. The third-order valence-electron chi connectivity index (χ3n) is 6.93. The minimum Gasteiger partial charge on any atom is -0.494 e. The fourth-order valence-corrected chi connectivity index (χ4v) is 4.77. The van der Waals surface area contributed by atoms with Gasteiger partial charge in [0.25, 0.3) is 5.56 Å². The number of aliphatic carboxylic acids is 1. The lowest BCUT2D eigenvalue weighted by molar-refractivity contribution is -0.138. The molecule has 4 aromatic rings. The van der Waals surface area contributed by atoms with Crippen molar-refractivity contribution < 1.29 is 44.8 Å². The summed E-state index contributed by atoms with van der Waals surface area (Å²) in [7, 11) is 1.13. The second-order valence-corrected chi connectivity index (χ2v) is 9.62. The molecule has 0 saturated carbocycles. The number of carboxylic acid groups (broad SMARTS) is 1. The predicted molar refractivity (Wildman–Crippen MR) is 156 cm³/mol. The summed E-state index contributed by atoms with van der Waals surface area (Å²) in [5.41, 5.74) is -6.36. The van der Waals surface area contributed by atoms with Crippen LogP contribution in [0.25, 0.3) is 11.1 Å². The van der Waals surface area contributed by atoms with Gasteiger partial charge in [0, 0.05) is 31.4 Å². The van der Waals surface area contributed by atoms with Gasteiger partial charge in [-0.15, -0.1) is 0 Å². The van der Waals surface area contributed by atoms with Crippen LogP contribution in [0.3, 0.4) is 0 Å². The second kappa shape index (κ2) is 13.9. The normalized spacial score (nSPS) is 15.2. The van der Waals surface area contributed by atoms with E-state index in [1.54, 1.807) is 0 Å². The molecule has 0 aliphatic heterocycles. The number of aromatic nitrogens is 2. The monoisotopic (exact) mass is 637 g/mol. The largest absolute Gasteiger partial charge is 0.494 e. The number of nitrogens with one attached hydrogen (secondary N) is 1. The molecule has 0 saturated heterocycles. The number of carbonyl (C=O) groups is 1. The van der Waals surface area contributed by atoms with Crippen molar-refractivity contribution in [3.8, 4) is 16.9 Å². The quantitative estimate of drug-likeness (QED) is 0.198. The molecule has 1 heterocycles. The van der Waals surface area contributed by atoms with Crippen LogP contribution in [0.4, 0.5) is 22.0 Å². The van der Waals surface area contributed by atoms with E-state index >= 15 is 8.78 Å². The van der Waals surface area contributed by atoms with E-state index in [2.05, 4.69) is 5.32 Å². The molecular weight excluding hydrogens is 601 g/mol. The summed E-state index contributed by atoms with van der Waals surface area (Å²) in [5.74, 6) is -5.13. The van der Waals surface area contributed by atoms with Gasteiger partial charge in [0.1, 0.15) is 5.82 Å². The van der Waals surface area contributed by atoms with E-state index in [1.165, 1.54) is 42.5 Å². The molecule has 0 aliphatic rings. The van der Waals surface area contributed by atoms with Gasteiger partial charge >= 0.3 is 17.8 Å². The van der Waals surface area contributed by atoms with Gasteiger partial charge in [-0.05, 0) is 43.6 Å². The van der Waals surface area contributed by atoms with Crippen LogP contribution in [0.5, 0.6) is 5.75 Å². The Hall–Kier alpha value is -4.78. The van der Waals surface area contributed by atoms with Crippen LogP contribution in [0.15, 0.2) is 76.3 Å². The molecule has 3 aromatic carbocycles. The van der Waals surface area contributed by atoms with E-state index in [-0.39, 0.29) is 17.0 Å². The minimum atomic E-state index is -5.08. The lowest BCUT2D eigenvalue weighted by atomic mass is 10.0. The molecule has 238 valence electrons. The van der Waals surface area contributed by atoms with Gasteiger partial charge in [-0.1, -0.05) is 48.5 Å². The van der Waals surface area contributed by atoms with E-state index < -0.39 is 95.7 Å². The number of rotatable bonds is 12. The van der Waals surface area contributed by atoms with E-state index in [9.17, 15) is 32.7 Å². The SMILES string of the molecule is [2H]C([2H])(N[C@@H](Cn1c(=O)c(-c2cccc(OC)c2F)c(C)n(Cc2c(F)cccc2C(F)(F)F)c1=O)c1ccccc1)C([2H])([2H])C([2H])([2H])C(=O)O. The number of alkyl halides is 3. The van der Waals surface area contributed by atoms with Crippen molar-refractivity contribution in [2.45, 2.75) is 45.0 Å². The topological polar surface area (TPSA) is 103 Å². The lowest BCUT2D eigenvalue weighted by Crippen LogP contribution is -2.45. The number of ether oxygens (including phenoxy) is 1. The van der Waals surface area contributed by atoms with Crippen molar-refractivity contribution in [1.29, 1.82) is 0 Å². The number of carboxylic acids is 1. The van der Waals surface area contributed by atoms with Crippen LogP contribution in [0, 0.1) is 18.6 Å². The summed E-state index contributed by atoms with van der Waals surface area (Å²) >= 11 is 0. The Bertz CT molecular complexity index is 2070. The Kier molecular flexibility index (Phi) is 7.88. The van der Waals surface area contributed by atoms with Crippen LogP contribution < -0.4 is 21.3 Å². The first-order valence-electron chi connectivity index (χ1n) is 16.2. The van der Waals surface area contributed by atoms with Crippen molar-refractivity contribution in [2.24, 2.45) is 0 Å². The summed E-state index contributed by atoms with van der Waals surface area (Å²) in [5, 5.41) is 11.5. The average molecular weight is 638 g/mol. The van der Waals surface area contributed by atoms with E-state index in [0.717, 1.165) is 32.2 Å². The Balaban J connectivity index is 2.03. The molecule has 0 aliphatic carbocycles. The van der Waals surface area contributed by atoms with Crippen LogP contribution >= 0.6 is 0 Å². The fraction of sp³-hybridized carbons (Fsp3) is 0.281. The maximum Gasteiger partial charge on any atom is 0.416 e. The van der Waals surface area contributed by atoms with Crippen molar-refractivity contribution in [3.05, 3.63) is 122 Å². The maximum atomic E-state index is 15.7. The van der Waals surface area contributed by atoms with E-state index in [4.69, 9.17) is 13.0 Å². The Morgan fingerprint density at radius 1 is 1.02 bits per heavy atom. The molecule has 45 heavy (non-hydrogen) atoms. The van der Waals surface area contributed by atoms with Gasteiger partial charge in [0.15, 0.2) is 11.6 Å². The Morgan fingerprint density at radius 3 is 2.36 bits per heavy atom. The van der Waals surface area contributed by atoms with Gasteiger partial charge in [0.05, 0.1) is 37.4 Å². The molecule has 2 N–H and O–H groups in total. The zero-order chi connectivity index (χ0) is 38.3. The first-order chi connectivity index (χ1) is 23.6. The molecule has 8 nitrogen and oxygen atoms in total. The first-order valence-corrected chi connectivity index (χ1v) is 13.2. The zero-order valence-corrected chi connectivity index (χ0v) is 23.7. The van der Waals surface area contributed by atoms with Crippen molar-refractivity contribution in [2.75, 3.05) is 13.6 Å². The molecule has 0 radical (unpaired) electrons. The highest BCUT2D eigenvalue weighted by molar-refractivity contribution is 5.68. The highest BCUT2D eigenvalue weighted by Gasteiger charge is 2.35. The fourth-order valence-electron chi connectivity index (χ4n) is 4.77. The van der Waals surface area contributed by atoms with Crippen molar-refractivity contribution >= 4 is 5.97 Å². The number of halogens is 5. The van der Waals surface area contributed by atoms with Gasteiger partial charge < -0.3 is 15.2 Å². The Labute approximate surface area is 262 Å². The molecule has 13 heteroatoms. The van der Waals surface area contributed by atoms with Gasteiger partial charge in [-0.25, -0.2) is 13.6 Å². The number of hydrogen-bond donors (Lipinski definition) is 2. The minimum absolute atomic E-state index is 0.0639. The number of nitrogens with zero attached hydrogens (tertiary/aromatic N) is 2. The lowest BCUT2D eigenvalue weighted by Gasteiger charge is -2.23. The number of hydrogen-bond acceptors (Lipinski definition) is 5. The van der Waals surface area contributed by atoms with Gasteiger partial charge in [0.2, 0.25) is 0 Å². The molecule has 0 unspecified atom stereocenters. The summed E-state index contributed by atoms with van der Waals surface area (Å²) < 4.78 is 127. The smallest absolute Gasteiger partial charge is 0.416 e. The second-order valence-electron chi connectivity index (χ2n) is 9.62. The van der Waals surface area contributed by atoms with E-state index in [0.29, 0.717) is 15.2 Å². The third-order valence-corrected chi connectivity index (χ3v) is 6.93. The molecule has 0 spiro atoms. The van der Waals surface area contributed by atoms with Crippen molar-refractivity contribution in [3.63, 3.8) is 0 Å². The summed E-state index contributed by atoms with van der Waals surface area (Å²) in [6.45, 7) is -4.48. The third kappa shape index (κ3) is 7.31. The maximum absolute atomic E-state index is 15.7. The Morgan fingerprint density at radius 2 is 1.71 bits per heavy atom. The van der Waals surface area contributed by atoms with Crippen LogP contribution in [0.2, 0.25) is 0 Å². The predicted octanol–water partition coefficient (Wildman–Crippen LogP) is 5.54.